The van der Waals surface area contributed by atoms with E-state index < -0.39 is 11.9 Å². The number of H-pyrrole nitrogens is 2. The highest BCUT2D eigenvalue weighted by Crippen LogP contribution is 2.38. The van der Waals surface area contributed by atoms with Gasteiger partial charge in [-0.3, -0.25) is 14.5 Å². The number of pyridine rings is 1. The standard InChI is InChI=1S/C34H38N8O3.ClH/c1-19-14-30-39-32(23-10-11-23)40-41(30)18-26(19)22-6-2-20(3-7-22)15-29(31(36)43)42(33(44)24-8-4-21(17-35)5-9-24)25-12-13-27-28(16-25)38-34(45)37-27;/h2-3,6-7,12-14,16,18,21,23-24,29H,4-5,8-11,15,17,35H2,1H3,(H2,36,43)(H2,37,38,45);1H/t21-,24-,29-;/m0./s1. The number of fused-ring (bicyclic) bond motifs is 2. The lowest BCUT2D eigenvalue weighted by Gasteiger charge is -2.35. The maximum atomic E-state index is 14.2. The summed E-state index contributed by atoms with van der Waals surface area (Å²) in [5.74, 6) is 0.824. The Morgan fingerprint density at radius 3 is 2.39 bits per heavy atom. The fraction of sp³-hybridized carbons (Fsp3) is 0.382. The van der Waals surface area contributed by atoms with Crippen LogP contribution in [-0.2, 0) is 16.0 Å². The minimum atomic E-state index is -0.923. The van der Waals surface area contributed by atoms with Crippen LogP contribution in [0.2, 0.25) is 0 Å². The van der Waals surface area contributed by atoms with E-state index >= 15 is 0 Å². The van der Waals surface area contributed by atoms with Crippen LogP contribution >= 0.6 is 12.4 Å². The van der Waals surface area contributed by atoms with Gasteiger partial charge < -0.3 is 21.4 Å². The number of primary amides is 1. The summed E-state index contributed by atoms with van der Waals surface area (Å²) < 4.78 is 1.85. The lowest BCUT2D eigenvalue weighted by atomic mass is 9.81. The van der Waals surface area contributed by atoms with Gasteiger partial charge in [-0.1, -0.05) is 24.3 Å². The summed E-state index contributed by atoms with van der Waals surface area (Å²) in [5.41, 5.74) is 18.2. The number of rotatable bonds is 9. The van der Waals surface area contributed by atoms with Gasteiger partial charge in [-0.05, 0) is 98.9 Å². The van der Waals surface area contributed by atoms with E-state index in [1.165, 1.54) is 0 Å². The average molecular weight is 643 g/mol. The highest BCUT2D eigenvalue weighted by atomic mass is 35.5. The average Bonchev–Trinajstić information content (AvgIpc) is 3.70. The fourth-order valence-corrected chi connectivity index (χ4v) is 6.69. The Balaban J connectivity index is 0.00000372. The normalized spacial score (nSPS) is 18.7. The molecule has 2 aromatic carbocycles. The van der Waals surface area contributed by atoms with Gasteiger partial charge in [0.05, 0.1) is 11.0 Å². The van der Waals surface area contributed by atoms with E-state index in [0.29, 0.717) is 47.9 Å². The molecule has 2 amide bonds. The smallest absolute Gasteiger partial charge is 0.323 e. The number of carbonyl (C=O) groups excluding carboxylic acids is 2. The number of imidazole rings is 1. The van der Waals surface area contributed by atoms with Crippen molar-refractivity contribution in [3.8, 4) is 11.1 Å². The molecule has 1 atom stereocenters. The molecule has 0 bridgehead atoms. The van der Waals surface area contributed by atoms with Gasteiger partial charge in [0.2, 0.25) is 11.8 Å². The first-order chi connectivity index (χ1) is 21.8. The zero-order chi connectivity index (χ0) is 31.2. The molecule has 5 aromatic rings. The molecule has 3 aromatic heterocycles. The van der Waals surface area contributed by atoms with Crippen LogP contribution in [0.3, 0.4) is 0 Å². The summed E-state index contributed by atoms with van der Waals surface area (Å²) in [7, 11) is 0. The molecular weight excluding hydrogens is 604 g/mol. The molecule has 2 fully saturated rings. The Bertz CT molecular complexity index is 1950. The van der Waals surface area contributed by atoms with Crippen molar-refractivity contribution in [3.63, 3.8) is 0 Å². The van der Waals surface area contributed by atoms with Crippen molar-refractivity contribution in [2.45, 2.75) is 63.8 Å². The topological polar surface area (TPSA) is 168 Å². The number of nitrogens with zero attached hydrogens (tertiary/aromatic N) is 4. The molecule has 6 N–H and O–H groups in total. The van der Waals surface area contributed by atoms with Gasteiger partial charge in [0.25, 0.3) is 0 Å². The predicted molar refractivity (Wildman–Crippen MR) is 180 cm³/mol. The van der Waals surface area contributed by atoms with Crippen molar-refractivity contribution < 1.29 is 9.59 Å². The molecule has 0 spiro atoms. The Morgan fingerprint density at radius 1 is 1.00 bits per heavy atom. The van der Waals surface area contributed by atoms with E-state index in [9.17, 15) is 14.4 Å². The maximum absolute atomic E-state index is 14.2. The van der Waals surface area contributed by atoms with Gasteiger partial charge in [0.15, 0.2) is 11.5 Å². The number of amides is 2. The number of aromatic amines is 2. The maximum Gasteiger partial charge on any atom is 0.323 e. The first-order valence-electron chi connectivity index (χ1n) is 15.8. The highest BCUT2D eigenvalue weighted by molar-refractivity contribution is 6.02. The number of nitrogens with two attached hydrogens (primary N) is 2. The minimum Gasteiger partial charge on any atom is -0.368 e. The molecule has 2 saturated carbocycles. The zero-order valence-corrected chi connectivity index (χ0v) is 26.6. The second kappa shape index (κ2) is 12.7. The number of halogens is 1. The van der Waals surface area contributed by atoms with Gasteiger partial charge in [-0.25, -0.2) is 14.3 Å². The lowest BCUT2D eigenvalue weighted by molar-refractivity contribution is -0.127. The molecule has 0 aliphatic heterocycles. The third-order valence-corrected chi connectivity index (χ3v) is 9.52. The Labute approximate surface area is 272 Å². The fourth-order valence-electron chi connectivity index (χ4n) is 6.69. The van der Waals surface area contributed by atoms with Crippen LogP contribution in [0, 0.1) is 18.8 Å². The first kappa shape index (κ1) is 31.5. The summed E-state index contributed by atoms with van der Waals surface area (Å²) in [6.45, 7) is 2.67. The molecule has 12 heteroatoms. The number of benzene rings is 2. The molecule has 2 aliphatic rings. The number of aromatic nitrogens is 5. The van der Waals surface area contributed by atoms with Gasteiger partial charge in [0.1, 0.15) is 6.04 Å². The zero-order valence-electron chi connectivity index (χ0n) is 25.7. The van der Waals surface area contributed by atoms with E-state index in [2.05, 4.69) is 23.0 Å². The number of anilines is 1. The van der Waals surface area contributed by atoms with E-state index in [0.717, 1.165) is 59.4 Å². The van der Waals surface area contributed by atoms with Crippen molar-refractivity contribution >= 4 is 46.6 Å². The van der Waals surface area contributed by atoms with Crippen molar-refractivity contribution in [1.29, 1.82) is 0 Å². The van der Waals surface area contributed by atoms with Gasteiger partial charge in [0, 0.05) is 35.7 Å². The summed E-state index contributed by atoms with van der Waals surface area (Å²) in [6.07, 6.45) is 7.71. The molecule has 0 radical (unpaired) electrons. The molecular formula is C34H39ClN8O3. The number of aryl methyl sites for hydroxylation is 1. The van der Waals surface area contributed by atoms with Crippen LogP contribution in [0.5, 0.6) is 0 Å². The Kier molecular flexibility index (Phi) is 8.71. The molecule has 240 valence electrons. The quantitative estimate of drug-likeness (QED) is 0.186. The Morgan fingerprint density at radius 2 is 1.72 bits per heavy atom. The number of carbonyl (C=O) groups is 2. The summed E-state index contributed by atoms with van der Waals surface area (Å²) in [6, 6.07) is 14.4. The van der Waals surface area contributed by atoms with Gasteiger partial charge >= 0.3 is 5.69 Å². The van der Waals surface area contributed by atoms with Crippen LogP contribution in [-0.4, -0.2) is 49.0 Å². The second-order valence-corrected chi connectivity index (χ2v) is 12.7. The largest absolute Gasteiger partial charge is 0.368 e. The molecule has 0 saturated heterocycles. The SMILES string of the molecule is Cc1cc2nc(C3CC3)nn2cc1-c1ccc(C[C@@H](C(N)=O)N(c2ccc3[nH]c(=O)[nH]c3c2)C(=O)[C@H]2CC[C@H](CN)CC2)cc1.Cl. The molecule has 7 rings (SSSR count). The predicted octanol–water partition coefficient (Wildman–Crippen LogP) is 4.37. The van der Waals surface area contributed by atoms with Crippen molar-refractivity contribution in [2.75, 3.05) is 11.4 Å². The first-order valence-corrected chi connectivity index (χ1v) is 15.8. The van der Waals surface area contributed by atoms with Crippen LogP contribution in [0.1, 0.15) is 61.4 Å². The van der Waals surface area contributed by atoms with Gasteiger partial charge in [-0.15, -0.1) is 12.4 Å². The van der Waals surface area contributed by atoms with E-state index in [1.807, 2.05) is 35.0 Å². The van der Waals surface area contributed by atoms with E-state index in [4.69, 9.17) is 21.5 Å². The number of hydrogen-bond acceptors (Lipinski definition) is 6. The molecule has 0 unspecified atom stereocenters. The number of nitrogens with one attached hydrogen (secondary N) is 2. The third-order valence-electron chi connectivity index (χ3n) is 9.52. The summed E-state index contributed by atoms with van der Waals surface area (Å²) in [5, 5.41) is 4.70. The number of hydrogen-bond donors (Lipinski definition) is 4. The van der Waals surface area contributed by atoms with Crippen LogP contribution in [0.15, 0.2) is 59.5 Å². The highest BCUT2D eigenvalue weighted by Gasteiger charge is 2.36. The van der Waals surface area contributed by atoms with Crippen molar-refractivity contribution in [1.82, 2.24) is 24.6 Å². The Hall–Kier alpha value is -4.48. The van der Waals surface area contributed by atoms with Crippen LogP contribution in [0.25, 0.3) is 27.8 Å². The van der Waals surface area contributed by atoms with Gasteiger partial charge in [-0.2, -0.15) is 5.10 Å². The summed E-state index contributed by atoms with van der Waals surface area (Å²) >= 11 is 0. The van der Waals surface area contributed by atoms with Crippen molar-refractivity contribution in [3.05, 3.63) is 82.2 Å². The van der Waals surface area contributed by atoms with Crippen molar-refractivity contribution in [2.24, 2.45) is 23.3 Å². The molecule has 11 nitrogen and oxygen atoms in total. The van der Waals surface area contributed by atoms with Crippen LogP contribution in [0.4, 0.5) is 5.69 Å². The molecule has 46 heavy (non-hydrogen) atoms. The van der Waals surface area contributed by atoms with Crippen LogP contribution < -0.4 is 22.1 Å². The lowest BCUT2D eigenvalue weighted by Crippen LogP contribution is -2.52. The molecule has 3 heterocycles. The van der Waals surface area contributed by atoms with E-state index in [-0.39, 0.29) is 36.3 Å². The minimum absolute atomic E-state index is 0. The van der Waals surface area contributed by atoms with E-state index in [1.54, 1.807) is 23.1 Å². The summed E-state index contributed by atoms with van der Waals surface area (Å²) in [4.78, 5) is 51.0. The second-order valence-electron chi connectivity index (χ2n) is 12.7. The third kappa shape index (κ3) is 6.17. The monoisotopic (exact) mass is 642 g/mol. The molecule has 2 aliphatic carbocycles.